The van der Waals surface area contributed by atoms with E-state index in [1.165, 1.54) is 9.21 Å². The largest absolute Gasteiger partial charge is 0.465 e. The molecule has 1 saturated carbocycles. The van der Waals surface area contributed by atoms with Crippen LogP contribution in [0.1, 0.15) is 66.4 Å². The molecule has 1 saturated heterocycles. The number of rotatable bonds is 7. The van der Waals surface area contributed by atoms with E-state index in [0.717, 1.165) is 24.3 Å². The number of amides is 2. The lowest BCUT2D eigenvalue weighted by Crippen LogP contribution is -2.52. The van der Waals surface area contributed by atoms with E-state index in [-0.39, 0.29) is 53.7 Å². The summed E-state index contributed by atoms with van der Waals surface area (Å²) in [5.74, 6) is -0.958. The molecule has 1 aromatic rings. The first-order valence-electron chi connectivity index (χ1n) is 13.2. The summed E-state index contributed by atoms with van der Waals surface area (Å²) in [6, 6.07) is 3.21. The molecule has 220 valence electrons. The van der Waals surface area contributed by atoms with Crippen molar-refractivity contribution in [1.82, 2.24) is 14.5 Å². The Labute approximate surface area is 229 Å². The van der Waals surface area contributed by atoms with Crippen LogP contribution in [0.25, 0.3) is 0 Å². The minimum Gasteiger partial charge on any atom is -0.465 e. The number of alkyl halides is 3. The Hall–Kier alpha value is -2.34. The van der Waals surface area contributed by atoms with Crippen molar-refractivity contribution in [1.29, 1.82) is 0 Å². The van der Waals surface area contributed by atoms with Gasteiger partial charge in [0.25, 0.3) is 0 Å². The molecule has 2 N–H and O–H groups in total. The summed E-state index contributed by atoms with van der Waals surface area (Å²) in [4.78, 5) is 26.5. The lowest BCUT2D eigenvalue weighted by atomic mass is 9.83. The maximum absolute atomic E-state index is 13.5. The number of fused-ring (bicyclic) bond motifs is 1. The molecule has 0 unspecified atom stereocenters. The van der Waals surface area contributed by atoms with Crippen molar-refractivity contribution in [3.05, 3.63) is 29.8 Å². The Morgan fingerprint density at radius 2 is 1.64 bits per heavy atom. The molecule has 0 spiro atoms. The first-order valence-corrected chi connectivity index (χ1v) is 14.6. The Balaban J connectivity index is 1.73. The van der Waals surface area contributed by atoms with Crippen molar-refractivity contribution < 1.29 is 36.3 Å². The quantitative estimate of drug-likeness (QED) is 0.473. The third-order valence-electron chi connectivity index (χ3n) is 7.64. The van der Waals surface area contributed by atoms with Crippen LogP contribution >= 0.6 is 0 Å². The second kappa shape index (κ2) is 10.9. The van der Waals surface area contributed by atoms with Gasteiger partial charge in [0, 0.05) is 31.2 Å². The molecular formula is C27H40F3N3O5S. The Morgan fingerprint density at radius 3 is 2.13 bits per heavy atom. The molecule has 39 heavy (non-hydrogen) atoms. The summed E-state index contributed by atoms with van der Waals surface area (Å²) in [6.45, 7) is 11.7. The molecule has 1 aliphatic heterocycles. The standard InChI is InChI=1S/C27H40F3N3O5S/c1-25(2,3)13-18(15-33(24(35)36)26(4,5)6)23(34)31-22-12-7-17-14-32(16-21(17)22)39(37,38)20-10-8-19(9-11-20)27(28,29)30/h8-11,17-18,21-22H,7,12-16H2,1-6H3,(H,31,34)(H,35,36)/t17-,18+,21+,22+/m1/s1. The fourth-order valence-electron chi connectivity index (χ4n) is 5.70. The first-order chi connectivity index (χ1) is 17.7. The zero-order valence-corrected chi connectivity index (χ0v) is 24.2. The van der Waals surface area contributed by atoms with E-state index in [2.05, 4.69) is 5.32 Å². The monoisotopic (exact) mass is 575 g/mol. The van der Waals surface area contributed by atoms with Gasteiger partial charge in [-0.1, -0.05) is 20.8 Å². The smallest absolute Gasteiger partial charge is 0.416 e. The van der Waals surface area contributed by atoms with Crippen LogP contribution in [0.15, 0.2) is 29.2 Å². The maximum Gasteiger partial charge on any atom is 0.416 e. The highest BCUT2D eigenvalue weighted by Crippen LogP contribution is 2.41. The highest BCUT2D eigenvalue weighted by Gasteiger charge is 2.47. The van der Waals surface area contributed by atoms with Crippen molar-refractivity contribution in [2.75, 3.05) is 19.6 Å². The average molecular weight is 576 g/mol. The molecule has 1 heterocycles. The van der Waals surface area contributed by atoms with Crippen LogP contribution in [0.4, 0.5) is 18.0 Å². The number of carbonyl (C=O) groups is 2. The average Bonchev–Trinajstić information content (AvgIpc) is 3.36. The first kappa shape index (κ1) is 31.2. The molecule has 2 fully saturated rings. The molecule has 0 aromatic heterocycles. The van der Waals surface area contributed by atoms with Crippen LogP contribution in [-0.4, -0.2) is 65.9 Å². The topological polar surface area (TPSA) is 107 Å². The Morgan fingerprint density at radius 1 is 1.05 bits per heavy atom. The molecule has 1 aliphatic carbocycles. The highest BCUT2D eigenvalue weighted by molar-refractivity contribution is 7.89. The summed E-state index contributed by atoms with van der Waals surface area (Å²) in [7, 11) is -4.00. The fraction of sp³-hybridized carbons (Fsp3) is 0.704. The third-order valence-corrected chi connectivity index (χ3v) is 9.49. The van der Waals surface area contributed by atoms with E-state index in [4.69, 9.17) is 0 Å². The van der Waals surface area contributed by atoms with E-state index in [9.17, 15) is 36.3 Å². The molecule has 4 atom stereocenters. The van der Waals surface area contributed by atoms with Crippen LogP contribution in [0.5, 0.6) is 0 Å². The van der Waals surface area contributed by atoms with Gasteiger partial charge in [0.2, 0.25) is 15.9 Å². The predicted molar refractivity (Wildman–Crippen MR) is 140 cm³/mol. The normalized spacial score (nSPS) is 23.4. The minimum absolute atomic E-state index is 0.0192. The van der Waals surface area contributed by atoms with Gasteiger partial charge in [0.05, 0.1) is 16.4 Å². The van der Waals surface area contributed by atoms with Crippen LogP contribution in [0.2, 0.25) is 0 Å². The van der Waals surface area contributed by atoms with E-state index in [1.54, 1.807) is 20.8 Å². The van der Waals surface area contributed by atoms with Crippen LogP contribution in [-0.2, 0) is 21.0 Å². The molecule has 12 heteroatoms. The van der Waals surface area contributed by atoms with E-state index in [0.29, 0.717) is 19.3 Å². The number of carbonyl (C=O) groups excluding carboxylic acids is 1. The molecule has 8 nitrogen and oxygen atoms in total. The second-order valence-corrected chi connectivity index (χ2v) is 14.9. The van der Waals surface area contributed by atoms with Gasteiger partial charge in [-0.15, -0.1) is 0 Å². The van der Waals surface area contributed by atoms with Crippen molar-refractivity contribution in [3.8, 4) is 0 Å². The molecule has 2 amide bonds. The van der Waals surface area contributed by atoms with E-state index in [1.807, 2.05) is 20.8 Å². The second-order valence-electron chi connectivity index (χ2n) is 13.0. The van der Waals surface area contributed by atoms with Crippen molar-refractivity contribution in [2.45, 2.75) is 83.5 Å². The summed E-state index contributed by atoms with van der Waals surface area (Å²) < 4.78 is 66.4. The lowest BCUT2D eigenvalue weighted by molar-refractivity contribution is -0.137. The van der Waals surface area contributed by atoms with Crippen molar-refractivity contribution in [2.24, 2.45) is 23.2 Å². The molecule has 0 radical (unpaired) electrons. The SMILES string of the molecule is CC(C)(C)C[C@@H](CN(C(=O)O)C(C)(C)C)C(=O)N[C@H]1CC[C@@H]2CN(S(=O)(=O)c3ccc(C(F)(F)F)cc3)C[C@@H]21. The zero-order chi connectivity index (χ0) is 29.6. The van der Waals surface area contributed by atoms with Gasteiger partial charge in [0.1, 0.15) is 0 Å². The zero-order valence-electron chi connectivity index (χ0n) is 23.4. The number of sulfonamides is 1. The summed E-state index contributed by atoms with van der Waals surface area (Å²) >= 11 is 0. The van der Waals surface area contributed by atoms with Gasteiger partial charge < -0.3 is 15.3 Å². The van der Waals surface area contributed by atoms with Crippen LogP contribution in [0.3, 0.4) is 0 Å². The summed E-state index contributed by atoms with van der Waals surface area (Å²) in [5, 5.41) is 12.9. The van der Waals surface area contributed by atoms with Crippen LogP contribution in [0, 0.1) is 23.2 Å². The summed E-state index contributed by atoms with van der Waals surface area (Å²) in [5.41, 5.74) is -1.85. The van der Waals surface area contributed by atoms with Crippen LogP contribution < -0.4 is 5.32 Å². The molecule has 2 aliphatic rings. The highest BCUT2D eigenvalue weighted by atomic mass is 32.2. The lowest BCUT2D eigenvalue weighted by Gasteiger charge is -2.37. The maximum atomic E-state index is 13.5. The number of benzene rings is 1. The van der Waals surface area contributed by atoms with Gasteiger partial charge in [-0.25, -0.2) is 13.2 Å². The number of hydrogen-bond donors (Lipinski definition) is 2. The third kappa shape index (κ3) is 7.45. The predicted octanol–water partition coefficient (Wildman–Crippen LogP) is 5.05. The fourth-order valence-corrected chi connectivity index (χ4v) is 7.24. The van der Waals surface area contributed by atoms with E-state index < -0.39 is 39.3 Å². The minimum atomic E-state index is -4.56. The van der Waals surface area contributed by atoms with Gasteiger partial charge in [0.15, 0.2) is 0 Å². The number of nitrogens with zero attached hydrogens (tertiary/aromatic N) is 2. The van der Waals surface area contributed by atoms with Gasteiger partial charge >= 0.3 is 12.3 Å². The van der Waals surface area contributed by atoms with E-state index >= 15 is 0 Å². The number of halogens is 3. The van der Waals surface area contributed by atoms with Gasteiger partial charge in [-0.3, -0.25) is 4.79 Å². The summed E-state index contributed by atoms with van der Waals surface area (Å²) in [6.07, 6.45) is -3.80. The molecule has 0 bridgehead atoms. The molecular weight excluding hydrogens is 535 g/mol. The number of hydrogen-bond acceptors (Lipinski definition) is 4. The van der Waals surface area contributed by atoms with Crippen molar-refractivity contribution in [3.63, 3.8) is 0 Å². The van der Waals surface area contributed by atoms with Crippen molar-refractivity contribution >= 4 is 22.0 Å². The Bertz CT molecular complexity index is 1160. The molecule has 1 aromatic carbocycles. The number of carboxylic acid groups (broad SMARTS) is 1. The Kier molecular flexibility index (Phi) is 8.73. The van der Waals surface area contributed by atoms with Gasteiger partial charge in [-0.2, -0.15) is 17.5 Å². The number of nitrogens with one attached hydrogen (secondary N) is 1. The van der Waals surface area contributed by atoms with Gasteiger partial charge in [-0.05, 0) is 81.5 Å². The molecule has 3 rings (SSSR count).